The Labute approximate surface area is 76.4 Å². The fourth-order valence-corrected chi connectivity index (χ4v) is 1.52. The number of benzene rings is 1. The molecule has 1 radical (unpaired) electrons. The highest BCUT2D eigenvalue weighted by molar-refractivity contribution is 7.89. The molecule has 0 aliphatic heterocycles. The van der Waals surface area contributed by atoms with E-state index in [9.17, 15) is 8.42 Å². The van der Waals surface area contributed by atoms with E-state index in [-0.39, 0.29) is 10.6 Å². The number of primary sulfonamides is 1. The van der Waals surface area contributed by atoms with E-state index in [1.165, 1.54) is 25.3 Å². The van der Waals surface area contributed by atoms with E-state index >= 15 is 0 Å². The van der Waals surface area contributed by atoms with Gasteiger partial charge in [-0.2, -0.15) is 0 Å². The topological polar surface area (TPSA) is 93.2 Å². The highest BCUT2D eigenvalue weighted by Gasteiger charge is 2.13. The van der Waals surface area contributed by atoms with Crippen molar-refractivity contribution in [3.63, 3.8) is 0 Å². The molecule has 0 unspecified atom stereocenters. The molecule has 6 heteroatoms. The Hall–Kier alpha value is -1.27. The molecule has 0 atom stereocenters. The third-order valence-electron chi connectivity index (χ3n) is 1.50. The molecule has 0 saturated carbocycles. The van der Waals surface area contributed by atoms with Crippen LogP contribution in [0.1, 0.15) is 0 Å². The lowest BCUT2D eigenvalue weighted by Gasteiger charge is -2.04. The van der Waals surface area contributed by atoms with Crippen LogP contribution in [0.4, 0.5) is 5.69 Å². The maximum Gasteiger partial charge on any atom is 0.240 e. The first-order valence-electron chi connectivity index (χ1n) is 3.37. The quantitative estimate of drug-likeness (QED) is 0.743. The molecule has 1 aromatic carbocycles. The molecule has 0 aromatic heterocycles. The summed E-state index contributed by atoms with van der Waals surface area (Å²) in [6, 6.07) is 4.03. The molecule has 0 saturated heterocycles. The molecule has 0 amide bonds. The van der Waals surface area contributed by atoms with Gasteiger partial charge in [-0.05, 0) is 12.1 Å². The van der Waals surface area contributed by atoms with Crippen LogP contribution >= 0.6 is 0 Å². The standard InChI is InChI=1S/C7H9N2O3S/c1-12-5-2-3-6(8)7(4-5)13(9,10)11/h2-4,8H,1H3,(H2,9,10,11). The van der Waals surface area contributed by atoms with Gasteiger partial charge in [-0.25, -0.2) is 13.6 Å². The van der Waals surface area contributed by atoms with Crippen molar-refractivity contribution in [1.82, 2.24) is 5.73 Å². The van der Waals surface area contributed by atoms with Gasteiger partial charge in [0.15, 0.2) is 0 Å². The first-order valence-corrected chi connectivity index (χ1v) is 4.92. The van der Waals surface area contributed by atoms with Gasteiger partial charge < -0.3 is 4.74 Å². The highest BCUT2D eigenvalue weighted by atomic mass is 32.2. The number of sulfonamides is 1. The minimum absolute atomic E-state index is 0.136. The SMILES string of the molecule is COc1ccc([NH])c(S(N)(=O)=O)c1. The molecule has 0 aliphatic rings. The van der Waals surface area contributed by atoms with Crippen LogP contribution in [0.3, 0.4) is 0 Å². The predicted octanol–water partition coefficient (Wildman–Crippen LogP) is 0.257. The maximum absolute atomic E-state index is 10.9. The van der Waals surface area contributed by atoms with E-state index in [1.807, 2.05) is 0 Å². The molecule has 0 fully saturated rings. The minimum Gasteiger partial charge on any atom is -0.497 e. The highest BCUT2D eigenvalue weighted by Crippen LogP contribution is 2.23. The first-order chi connectivity index (χ1) is 5.95. The Kier molecular flexibility index (Phi) is 2.44. The van der Waals surface area contributed by atoms with Crippen LogP contribution in [-0.4, -0.2) is 15.5 Å². The second-order valence-corrected chi connectivity index (χ2v) is 3.94. The molecule has 1 rings (SSSR count). The summed E-state index contributed by atoms with van der Waals surface area (Å²) >= 11 is 0. The lowest BCUT2D eigenvalue weighted by Crippen LogP contribution is -2.12. The molecular formula is C7H9N2O3S. The molecule has 1 aromatic rings. The summed E-state index contributed by atoms with van der Waals surface area (Å²) in [5.74, 6) is 0.361. The number of methoxy groups -OCH3 is 1. The van der Waals surface area contributed by atoms with E-state index in [1.54, 1.807) is 0 Å². The molecule has 0 spiro atoms. The van der Waals surface area contributed by atoms with Gasteiger partial charge >= 0.3 is 0 Å². The van der Waals surface area contributed by atoms with Crippen LogP contribution < -0.4 is 15.6 Å². The zero-order valence-corrected chi connectivity index (χ0v) is 7.76. The average Bonchev–Trinajstić information content (AvgIpc) is 2.03. The third kappa shape index (κ3) is 2.10. The predicted molar refractivity (Wildman–Crippen MR) is 47.1 cm³/mol. The summed E-state index contributed by atoms with van der Waals surface area (Å²) in [7, 11) is -2.42. The summed E-state index contributed by atoms with van der Waals surface area (Å²) < 4.78 is 26.6. The van der Waals surface area contributed by atoms with Crippen LogP contribution in [0.2, 0.25) is 0 Å². The molecule has 3 N–H and O–H groups in total. The fourth-order valence-electron chi connectivity index (χ4n) is 0.865. The Morgan fingerprint density at radius 2 is 2.08 bits per heavy atom. The van der Waals surface area contributed by atoms with Gasteiger partial charge in [0.25, 0.3) is 0 Å². The lowest BCUT2D eigenvalue weighted by molar-refractivity contribution is 0.413. The molecule has 5 nitrogen and oxygen atoms in total. The summed E-state index contributed by atoms with van der Waals surface area (Å²) in [6.07, 6.45) is 0. The van der Waals surface area contributed by atoms with Gasteiger partial charge in [0, 0.05) is 6.07 Å². The normalized spacial score (nSPS) is 11.2. The number of nitrogens with one attached hydrogen (secondary N) is 1. The van der Waals surface area contributed by atoms with Gasteiger partial charge in [-0.15, -0.1) is 0 Å². The van der Waals surface area contributed by atoms with E-state index in [0.29, 0.717) is 5.75 Å². The van der Waals surface area contributed by atoms with Crippen molar-refractivity contribution in [1.29, 1.82) is 0 Å². The van der Waals surface area contributed by atoms with E-state index in [2.05, 4.69) is 0 Å². The van der Waals surface area contributed by atoms with E-state index in [4.69, 9.17) is 15.6 Å². The van der Waals surface area contributed by atoms with Gasteiger partial charge in [0.05, 0.1) is 12.8 Å². The van der Waals surface area contributed by atoms with Crippen LogP contribution in [0.5, 0.6) is 5.75 Å². The minimum atomic E-state index is -3.83. The largest absolute Gasteiger partial charge is 0.497 e. The van der Waals surface area contributed by atoms with E-state index < -0.39 is 10.0 Å². The summed E-state index contributed by atoms with van der Waals surface area (Å²) in [6.45, 7) is 0. The molecule has 0 heterocycles. The molecule has 0 bridgehead atoms. The third-order valence-corrected chi connectivity index (χ3v) is 2.45. The van der Waals surface area contributed by atoms with Crippen molar-refractivity contribution in [2.75, 3.05) is 7.11 Å². The zero-order valence-electron chi connectivity index (χ0n) is 6.94. The Balaban J connectivity index is 3.36. The van der Waals surface area contributed by atoms with Crippen LogP contribution in [0.15, 0.2) is 23.1 Å². The average molecular weight is 201 g/mol. The van der Waals surface area contributed by atoms with E-state index in [0.717, 1.165) is 0 Å². The van der Waals surface area contributed by atoms with Crippen molar-refractivity contribution in [3.05, 3.63) is 18.2 Å². The van der Waals surface area contributed by atoms with Crippen molar-refractivity contribution in [2.24, 2.45) is 5.14 Å². The van der Waals surface area contributed by atoms with Gasteiger partial charge in [-0.3, -0.25) is 5.73 Å². The molecule has 13 heavy (non-hydrogen) atoms. The lowest BCUT2D eigenvalue weighted by atomic mass is 10.3. The second kappa shape index (κ2) is 3.23. The van der Waals surface area contributed by atoms with Crippen LogP contribution in [-0.2, 0) is 10.0 Å². The summed E-state index contributed by atoms with van der Waals surface area (Å²) in [5.41, 5.74) is 7.15. The van der Waals surface area contributed by atoms with Gasteiger partial charge in [0.1, 0.15) is 10.6 Å². The number of hydrogen-bond donors (Lipinski definition) is 1. The number of hydrogen-bond acceptors (Lipinski definition) is 3. The molecule has 0 aliphatic carbocycles. The number of rotatable bonds is 2. The fraction of sp³-hybridized carbons (Fsp3) is 0.143. The maximum atomic E-state index is 10.9. The van der Waals surface area contributed by atoms with Crippen LogP contribution in [0, 0.1) is 0 Å². The van der Waals surface area contributed by atoms with Crippen molar-refractivity contribution < 1.29 is 13.2 Å². The van der Waals surface area contributed by atoms with Crippen molar-refractivity contribution in [2.45, 2.75) is 4.90 Å². The van der Waals surface area contributed by atoms with Gasteiger partial charge in [0.2, 0.25) is 10.0 Å². The van der Waals surface area contributed by atoms with Gasteiger partial charge in [-0.1, -0.05) is 0 Å². The molecular weight excluding hydrogens is 192 g/mol. The monoisotopic (exact) mass is 201 g/mol. The molecule has 71 valence electrons. The zero-order chi connectivity index (χ0) is 10.1. The van der Waals surface area contributed by atoms with Crippen molar-refractivity contribution >= 4 is 15.7 Å². The van der Waals surface area contributed by atoms with Crippen LogP contribution in [0.25, 0.3) is 0 Å². The first kappa shape index (κ1) is 9.82. The Morgan fingerprint density at radius 3 is 2.54 bits per heavy atom. The smallest absolute Gasteiger partial charge is 0.240 e. The Morgan fingerprint density at radius 1 is 1.46 bits per heavy atom. The number of ether oxygens (including phenoxy) is 1. The summed E-state index contributed by atoms with van der Waals surface area (Å²) in [5, 5.41) is 4.88. The Bertz CT molecular complexity index is 414. The summed E-state index contributed by atoms with van der Waals surface area (Å²) in [4.78, 5) is -0.230. The number of nitrogens with two attached hydrogens (primary N) is 1. The second-order valence-electron chi connectivity index (χ2n) is 2.41. The van der Waals surface area contributed by atoms with Crippen molar-refractivity contribution in [3.8, 4) is 5.75 Å².